The van der Waals surface area contributed by atoms with Crippen LogP contribution in [0.3, 0.4) is 0 Å². The predicted molar refractivity (Wildman–Crippen MR) is 115 cm³/mol. The molecule has 0 saturated heterocycles. The number of nitrogens with one attached hydrogen (secondary N) is 1. The number of carbonyl (C=O) groups is 1. The molecule has 0 aliphatic carbocycles. The first-order valence-electron chi connectivity index (χ1n) is 8.18. The standard InChI is InChI=1S/C18H19Cl3N2O4S/c1-27-17-8-6-12(19)10-15(17)22-18(24)4-3-9-23(28(2,25)26)16-11-13(20)5-7-14(16)21/h5-8,10-11H,3-4,9H2,1-2H3,(H,22,24). The Morgan fingerprint density at radius 1 is 1.11 bits per heavy atom. The molecule has 152 valence electrons. The van der Waals surface area contributed by atoms with Gasteiger partial charge in [-0.1, -0.05) is 34.8 Å². The van der Waals surface area contributed by atoms with Crippen molar-refractivity contribution in [3.8, 4) is 5.75 Å². The van der Waals surface area contributed by atoms with Crippen LogP contribution in [0.2, 0.25) is 15.1 Å². The lowest BCUT2D eigenvalue weighted by Gasteiger charge is -2.23. The van der Waals surface area contributed by atoms with E-state index in [4.69, 9.17) is 39.5 Å². The van der Waals surface area contributed by atoms with Crippen LogP contribution in [0.15, 0.2) is 36.4 Å². The summed E-state index contributed by atoms with van der Waals surface area (Å²) < 4.78 is 30.7. The number of carbonyl (C=O) groups excluding carboxylic acids is 1. The molecule has 0 heterocycles. The van der Waals surface area contributed by atoms with Gasteiger partial charge in [0.2, 0.25) is 15.9 Å². The molecule has 0 spiro atoms. The normalized spacial score (nSPS) is 11.2. The van der Waals surface area contributed by atoms with Gasteiger partial charge in [-0.05, 0) is 42.8 Å². The molecule has 2 aromatic carbocycles. The molecule has 0 aliphatic rings. The minimum atomic E-state index is -3.61. The van der Waals surface area contributed by atoms with Crippen LogP contribution in [0.4, 0.5) is 11.4 Å². The molecule has 1 amide bonds. The lowest BCUT2D eigenvalue weighted by Crippen LogP contribution is -2.31. The second-order valence-corrected chi connectivity index (χ2v) is 9.11. The van der Waals surface area contributed by atoms with Crippen LogP contribution in [0, 0.1) is 0 Å². The summed E-state index contributed by atoms with van der Waals surface area (Å²) in [6, 6.07) is 9.43. The highest BCUT2D eigenvalue weighted by Gasteiger charge is 2.20. The molecule has 28 heavy (non-hydrogen) atoms. The third-order valence-electron chi connectivity index (χ3n) is 3.78. The summed E-state index contributed by atoms with van der Waals surface area (Å²) in [4.78, 5) is 12.3. The minimum Gasteiger partial charge on any atom is -0.495 e. The summed E-state index contributed by atoms with van der Waals surface area (Å²) >= 11 is 18.0. The smallest absolute Gasteiger partial charge is 0.232 e. The highest BCUT2D eigenvalue weighted by atomic mass is 35.5. The van der Waals surface area contributed by atoms with Crippen LogP contribution in [-0.4, -0.2) is 34.2 Å². The zero-order chi connectivity index (χ0) is 20.9. The van der Waals surface area contributed by atoms with E-state index in [1.807, 2.05) is 0 Å². The molecule has 6 nitrogen and oxygen atoms in total. The summed E-state index contributed by atoms with van der Waals surface area (Å²) in [5.41, 5.74) is 0.714. The van der Waals surface area contributed by atoms with E-state index in [-0.39, 0.29) is 36.0 Å². The molecular weight excluding hydrogens is 447 g/mol. The van der Waals surface area contributed by atoms with E-state index in [0.29, 0.717) is 21.5 Å². The van der Waals surface area contributed by atoms with Gasteiger partial charge in [0.15, 0.2) is 0 Å². The summed E-state index contributed by atoms with van der Waals surface area (Å²) in [6.45, 7) is 0.0684. The molecule has 0 unspecified atom stereocenters. The number of benzene rings is 2. The van der Waals surface area contributed by atoms with E-state index in [0.717, 1.165) is 10.6 Å². The maximum Gasteiger partial charge on any atom is 0.232 e. The quantitative estimate of drug-likeness (QED) is 0.605. The van der Waals surface area contributed by atoms with E-state index >= 15 is 0 Å². The summed E-state index contributed by atoms with van der Waals surface area (Å²) in [5, 5.41) is 3.78. The van der Waals surface area contributed by atoms with Gasteiger partial charge in [0.25, 0.3) is 0 Å². The van der Waals surface area contributed by atoms with Crippen LogP contribution in [0.25, 0.3) is 0 Å². The number of halogens is 3. The van der Waals surface area contributed by atoms with Gasteiger partial charge < -0.3 is 10.1 Å². The minimum absolute atomic E-state index is 0.0684. The lowest BCUT2D eigenvalue weighted by atomic mass is 10.2. The van der Waals surface area contributed by atoms with Gasteiger partial charge in [-0.15, -0.1) is 0 Å². The molecule has 1 N–H and O–H groups in total. The fourth-order valence-corrected chi connectivity index (χ4v) is 4.09. The van der Waals surface area contributed by atoms with Crippen LogP contribution in [0.5, 0.6) is 5.75 Å². The lowest BCUT2D eigenvalue weighted by molar-refractivity contribution is -0.116. The Balaban J connectivity index is 2.06. The first-order valence-corrected chi connectivity index (χ1v) is 11.2. The first kappa shape index (κ1) is 22.6. The molecule has 0 aromatic heterocycles. The molecule has 0 atom stereocenters. The Kier molecular flexibility index (Phi) is 7.83. The van der Waals surface area contributed by atoms with Crippen molar-refractivity contribution in [3.05, 3.63) is 51.5 Å². The number of hydrogen-bond acceptors (Lipinski definition) is 4. The zero-order valence-electron chi connectivity index (χ0n) is 15.2. The maximum atomic E-state index is 12.3. The molecule has 0 aliphatic heterocycles. The number of sulfonamides is 1. The van der Waals surface area contributed by atoms with Gasteiger partial charge in [-0.3, -0.25) is 9.10 Å². The van der Waals surface area contributed by atoms with Crippen LogP contribution in [0.1, 0.15) is 12.8 Å². The van der Waals surface area contributed by atoms with Crippen LogP contribution in [-0.2, 0) is 14.8 Å². The number of hydrogen-bond donors (Lipinski definition) is 1. The monoisotopic (exact) mass is 464 g/mol. The Bertz CT molecular complexity index is 967. The first-order chi connectivity index (χ1) is 13.1. The van der Waals surface area contributed by atoms with Crippen LogP contribution >= 0.6 is 34.8 Å². The van der Waals surface area contributed by atoms with Crippen molar-refractivity contribution in [2.24, 2.45) is 0 Å². The van der Waals surface area contributed by atoms with Gasteiger partial charge in [0.05, 0.1) is 29.8 Å². The van der Waals surface area contributed by atoms with Gasteiger partial charge >= 0.3 is 0 Å². The zero-order valence-corrected chi connectivity index (χ0v) is 18.3. The van der Waals surface area contributed by atoms with E-state index in [1.54, 1.807) is 24.3 Å². The van der Waals surface area contributed by atoms with E-state index in [2.05, 4.69) is 5.32 Å². The number of anilines is 2. The van der Waals surface area contributed by atoms with Crippen molar-refractivity contribution in [2.45, 2.75) is 12.8 Å². The van der Waals surface area contributed by atoms with E-state index in [1.165, 1.54) is 19.2 Å². The SMILES string of the molecule is COc1ccc(Cl)cc1NC(=O)CCCN(c1cc(Cl)ccc1Cl)S(C)(=O)=O. The Morgan fingerprint density at radius 2 is 1.75 bits per heavy atom. The molecule has 0 fully saturated rings. The van der Waals surface area contributed by atoms with Crippen molar-refractivity contribution < 1.29 is 17.9 Å². The Hall–Kier alpha value is -1.67. The van der Waals surface area contributed by atoms with E-state index < -0.39 is 10.0 Å². The summed E-state index contributed by atoms with van der Waals surface area (Å²) in [6.07, 6.45) is 1.42. The Labute approximate surface area is 179 Å². The number of amides is 1. The predicted octanol–water partition coefficient (Wildman–Crippen LogP) is 4.84. The third-order valence-corrected chi connectivity index (χ3v) is 5.75. The van der Waals surface area contributed by atoms with Gasteiger partial charge in [-0.2, -0.15) is 0 Å². The topological polar surface area (TPSA) is 75.7 Å². The number of methoxy groups -OCH3 is 1. The molecule has 0 bridgehead atoms. The van der Waals surface area contributed by atoms with Gasteiger partial charge in [-0.25, -0.2) is 8.42 Å². The molecule has 0 saturated carbocycles. The molecule has 2 rings (SSSR count). The van der Waals surface area contributed by atoms with Crippen molar-refractivity contribution in [2.75, 3.05) is 29.5 Å². The average Bonchev–Trinajstić information content (AvgIpc) is 2.60. The second kappa shape index (κ2) is 9.69. The molecule has 0 radical (unpaired) electrons. The highest BCUT2D eigenvalue weighted by Crippen LogP contribution is 2.31. The summed E-state index contributed by atoms with van der Waals surface area (Å²) in [5.74, 6) is 0.174. The molecule has 2 aromatic rings. The van der Waals surface area contributed by atoms with Crippen LogP contribution < -0.4 is 14.4 Å². The fraction of sp³-hybridized carbons (Fsp3) is 0.278. The van der Waals surface area contributed by atoms with Gasteiger partial charge in [0, 0.05) is 23.0 Å². The largest absolute Gasteiger partial charge is 0.495 e. The molecular formula is C18H19Cl3N2O4S. The average molecular weight is 466 g/mol. The second-order valence-electron chi connectivity index (χ2n) is 5.93. The van der Waals surface area contributed by atoms with E-state index in [9.17, 15) is 13.2 Å². The van der Waals surface area contributed by atoms with Crippen molar-refractivity contribution in [1.82, 2.24) is 0 Å². The maximum absolute atomic E-state index is 12.3. The number of rotatable bonds is 8. The molecule has 10 heteroatoms. The number of nitrogens with zero attached hydrogens (tertiary/aromatic N) is 1. The van der Waals surface area contributed by atoms with Gasteiger partial charge in [0.1, 0.15) is 5.75 Å². The highest BCUT2D eigenvalue weighted by molar-refractivity contribution is 7.92. The number of ether oxygens (including phenoxy) is 1. The Morgan fingerprint density at radius 3 is 2.39 bits per heavy atom. The van der Waals surface area contributed by atoms with Crippen molar-refractivity contribution in [3.63, 3.8) is 0 Å². The summed E-state index contributed by atoms with van der Waals surface area (Å²) in [7, 11) is -2.13. The fourth-order valence-electron chi connectivity index (χ4n) is 2.52. The third kappa shape index (κ3) is 6.17. The van der Waals surface area contributed by atoms with Crippen molar-refractivity contribution in [1.29, 1.82) is 0 Å². The van der Waals surface area contributed by atoms with Crippen molar-refractivity contribution >= 4 is 62.1 Å².